The highest BCUT2D eigenvalue weighted by Gasteiger charge is 2.46. The van der Waals surface area contributed by atoms with Crippen molar-refractivity contribution < 1.29 is 24.2 Å². The smallest absolute Gasteiger partial charge is 0.295 e. The third-order valence-corrected chi connectivity index (χ3v) is 5.57. The summed E-state index contributed by atoms with van der Waals surface area (Å²) in [5, 5.41) is 11.7. The van der Waals surface area contributed by atoms with Crippen LogP contribution in [-0.2, 0) is 14.3 Å². The zero-order valence-electron chi connectivity index (χ0n) is 17.4. The van der Waals surface area contributed by atoms with Gasteiger partial charge in [0.15, 0.2) is 0 Å². The number of hydrogen-bond donors (Lipinski definition) is 1. The van der Waals surface area contributed by atoms with Gasteiger partial charge in [0.2, 0.25) is 0 Å². The van der Waals surface area contributed by atoms with Crippen LogP contribution in [-0.4, -0.2) is 48.1 Å². The predicted molar refractivity (Wildman–Crippen MR) is 120 cm³/mol. The van der Waals surface area contributed by atoms with E-state index in [1.807, 2.05) is 13.8 Å². The second-order valence-corrected chi connectivity index (χ2v) is 8.16. The first-order valence-corrected chi connectivity index (χ1v) is 10.5. The van der Waals surface area contributed by atoms with Gasteiger partial charge in [0.25, 0.3) is 11.7 Å². The number of carbonyl (C=O) groups is 2. The molecule has 0 aliphatic carbocycles. The number of amides is 1. The Kier molecular flexibility index (Phi) is 7.26. The summed E-state index contributed by atoms with van der Waals surface area (Å²) in [4.78, 5) is 27.0. The van der Waals surface area contributed by atoms with E-state index in [2.05, 4.69) is 0 Å². The maximum atomic E-state index is 12.9. The van der Waals surface area contributed by atoms with E-state index in [4.69, 9.17) is 32.7 Å². The van der Waals surface area contributed by atoms with Crippen LogP contribution in [0.25, 0.3) is 5.76 Å². The first kappa shape index (κ1) is 23.1. The van der Waals surface area contributed by atoms with Crippen LogP contribution in [0.3, 0.4) is 0 Å². The molecule has 0 radical (unpaired) electrons. The fourth-order valence-corrected chi connectivity index (χ4v) is 3.75. The Labute approximate surface area is 191 Å². The average Bonchev–Trinajstić information content (AvgIpc) is 2.98. The van der Waals surface area contributed by atoms with E-state index >= 15 is 0 Å². The molecule has 6 nitrogen and oxygen atoms in total. The number of aliphatic hydroxyl groups is 1. The minimum atomic E-state index is -0.823. The first-order valence-electron chi connectivity index (χ1n) is 9.74. The lowest BCUT2D eigenvalue weighted by atomic mass is 9.95. The summed E-state index contributed by atoms with van der Waals surface area (Å²) < 4.78 is 10.7. The SMILES string of the molecule is COCCN1C(=O)C(=O)/C(=C(\O)c2ccc(OC(C)C)cc2)C1c1ccc(Cl)c(Cl)c1. The minimum Gasteiger partial charge on any atom is -0.507 e. The summed E-state index contributed by atoms with van der Waals surface area (Å²) in [5.74, 6) is -1.12. The normalized spacial score (nSPS) is 18.1. The molecule has 31 heavy (non-hydrogen) atoms. The van der Waals surface area contributed by atoms with Gasteiger partial charge < -0.3 is 19.5 Å². The number of halogens is 2. The van der Waals surface area contributed by atoms with Crippen LogP contribution in [0.4, 0.5) is 0 Å². The Balaban J connectivity index is 2.10. The van der Waals surface area contributed by atoms with E-state index in [0.29, 0.717) is 21.9 Å². The molecule has 1 amide bonds. The lowest BCUT2D eigenvalue weighted by Gasteiger charge is -2.25. The Bertz CT molecular complexity index is 1020. The third kappa shape index (κ3) is 4.87. The molecule has 2 aromatic rings. The number of likely N-dealkylation sites (tertiary alicyclic amines) is 1. The maximum absolute atomic E-state index is 12.9. The van der Waals surface area contributed by atoms with Crippen LogP contribution in [0, 0.1) is 0 Å². The van der Waals surface area contributed by atoms with Crippen molar-refractivity contribution in [1.29, 1.82) is 0 Å². The van der Waals surface area contributed by atoms with Gasteiger partial charge in [-0.3, -0.25) is 9.59 Å². The van der Waals surface area contributed by atoms with Crippen LogP contribution < -0.4 is 4.74 Å². The number of benzene rings is 2. The Morgan fingerprint density at radius 1 is 1.10 bits per heavy atom. The number of hydrogen-bond acceptors (Lipinski definition) is 5. The van der Waals surface area contributed by atoms with Crippen LogP contribution in [0.15, 0.2) is 48.0 Å². The van der Waals surface area contributed by atoms with E-state index in [-0.39, 0.29) is 35.6 Å². The Hall–Kier alpha value is -2.54. The van der Waals surface area contributed by atoms with Crippen molar-refractivity contribution in [3.05, 3.63) is 69.2 Å². The topological polar surface area (TPSA) is 76.1 Å². The van der Waals surface area contributed by atoms with Crippen LogP contribution in [0.2, 0.25) is 10.0 Å². The van der Waals surface area contributed by atoms with Crippen molar-refractivity contribution in [2.75, 3.05) is 20.3 Å². The summed E-state index contributed by atoms with van der Waals surface area (Å²) >= 11 is 12.2. The third-order valence-electron chi connectivity index (χ3n) is 4.84. The molecule has 3 rings (SSSR count). The maximum Gasteiger partial charge on any atom is 0.295 e. The summed E-state index contributed by atoms with van der Waals surface area (Å²) in [6.45, 7) is 4.22. The van der Waals surface area contributed by atoms with Crippen molar-refractivity contribution in [3.8, 4) is 5.75 Å². The van der Waals surface area contributed by atoms with Crippen LogP contribution in [0.1, 0.15) is 31.0 Å². The van der Waals surface area contributed by atoms with Crippen LogP contribution >= 0.6 is 23.2 Å². The first-order chi connectivity index (χ1) is 14.7. The average molecular weight is 464 g/mol. The van der Waals surface area contributed by atoms with Crippen molar-refractivity contribution in [3.63, 3.8) is 0 Å². The molecular formula is C23H23Cl2NO5. The molecular weight excluding hydrogens is 441 g/mol. The molecule has 1 atom stereocenters. The van der Waals surface area contributed by atoms with Gasteiger partial charge >= 0.3 is 0 Å². The highest BCUT2D eigenvalue weighted by Crippen LogP contribution is 2.40. The largest absolute Gasteiger partial charge is 0.507 e. The van der Waals surface area contributed by atoms with Crippen molar-refractivity contribution in [2.45, 2.75) is 26.0 Å². The monoisotopic (exact) mass is 463 g/mol. The lowest BCUT2D eigenvalue weighted by molar-refractivity contribution is -0.140. The quantitative estimate of drug-likeness (QED) is 0.360. The van der Waals surface area contributed by atoms with E-state index in [1.165, 1.54) is 12.0 Å². The predicted octanol–water partition coefficient (Wildman–Crippen LogP) is 4.85. The van der Waals surface area contributed by atoms with Gasteiger partial charge in [-0.1, -0.05) is 29.3 Å². The summed E-state index contributed by atoms with van der Waals surface area (Å²) in [6, 6.07) is 10.7. The molecule has 2 aromatic carbocycles. The molecule has 0 saturated carbocycles. The number of nitrogens with zero attached hydrogens (tertiary/aromatic N) is 1. The standard InChI is InChI=1S/C23H23Cl2NO5/c1-13(2)31-16-7-4-14(5-8-16)21(27)19-20(15-6-9-17(24)18(25)12-15)26(10-11-30-3)23(29)22(19)28/h4-9,12-13,20,27H,10-11H2,1-3H3/b21-19-. The molecule has 8 heteroatoms. The molecule has 0 spiro atoms. The number of Topliss-reactive ketones (excluding diaryl/α,β-unsaturated/α-hetero) is 1. The number of ether oxygens (including phenoxy) is 2. The zero-order valence-corrected chi connectivity index (χ0v) is 18.9. The molecule has 0 bridgehead atoms. The second-order valence-electron chi connectivity index (χ2n) is 7.35. The molecule has 1 aliphatic rings. The minimum absolute atomic E-state index is 0.000194. The molecule has 0 aromatic heterocycles. The van der Waals surface area contributed by atoms with Crippen molar-refractivity contribution in [1.82, 2.24) is 4.90 Å². The van der Waals surface area contributed by atoms with Gasteiger partial charge in [-0.15, -0.1) is 0 Å². The number of aliphatic hydroxyl groups excluding tert-OH is 1. The van der Waals surface area contributed by atoms with Crippen LogP contribution in [0.5, 0.6) is 5.75 Å². The van der Waals surface area contributed by atoms with Gasteiger partial charge in [0, 0.05) is 19.2 Å². The fraction of sp³-hybridized carbons (Fsp3) is 0.304. The second kappa shape index (κ2) is 9.73. The fourth-order valence-electron chi connectivity index (χ4n) is 3.45. The van der Waals surface area contributed by atoms with Gasteiger partial charge in [0.05, 0.1) is 34.4 Å². The molecule has 164 valence electrons. The van der Waals surface area contributed by atoms with Crippen molar-refractivity contribution >= 4 is 40.7 Å². The van der Waals surface area contributed by atoms with Gasteiger partial charge in [-0.25, -0.2) is 0 Å². The van der Waals surface area contributed by atoms with Gasteiger partial charge in [-0.2, -0.15) is 0 Å². The molecule has 1 aliphatic heterocycles. The number of carbonyl (C=O) groups excluding carboxylic acids is 2. The van der Waals surface area contributed by atoms with E-state index in [0.717, 1.165) is 0 Å². The molecule has 1 fully saturated rings. The number of rotatable bonds is 7. The van der Waals surface area contributed by atoms with Gasteiger partial charge in [0.1, 0.15) is 11.5 Å². The van der Waals surface area contributed by atoms with Gasteiger partial charge in [-0.05, 0) is 55.8 Å². The Morgan fingerprint density at radius 3 is 2.35 bits per heavy atom. The highest BCUT2D eigenvalue weighted by molar-refractivity contribution is 6.46. The van der Waals surface area contributed by atoms with Crippen molar-refractivity contribution in [2.24, 2.45) is 0 Å². The summed E-state index contributed by atoms with van der Waals surface area (Å²) in [5.41, 5.74) is 0.939. The summed E-state index contributed by atoms with van der Waals surface area (Å²) in [7, 11) is 1.51. The molecule has 1 heterocycles. The molecule has 1 saturated heterocycles. The highest BCUT2D eigenvalue weighted by atomic mass is 35.5. The number of methoxy groups -OCH3 is 1. The zero-order chi connectivity index (χ0) is 22.7. The lowest BCUT2D eigenvalue weighted by Crippen LogP contribution is -2.32. The van der Waals surface area contributed by atoms with E-state index in [1.54, 1.807) is 42.5 Å². The van der Waals surface area contributed by atoms with E-state index < -0.39 is 17.7 Å². The Morgan fingerprint density at radius 2 is 1.77 bits per heavy atom. The number of ketones is 1. The molecule has 1 N–H and O–H groups in total. The summed E-state index contributed by atoms with van der Waals surface area (Å²) in [6.07, 6.45) is 0.000194. The molecule has 1 unspecified atom stereocenters. The van der Waals surface area contributed by atoms with E-state index in [9.17, 15) is 14.7 Å².